The average molecular weight is 939 g/mol. The minimum Gasteiger partial charge on any atom is -0.308 e. The standard InChI is InChI=1S/C63H41F3N6/c1-40-26-28-41(29-27-40)51-37-48(62-67-54(43-16-6-2-7-17-43)39-55(68-62)44-18-8-3-9-19-44)38-52(42-30-33-49(34-31-42)63(64,65)66)58(51)72-56-25-15-14-24-50(56)53-36-47(32-35-57(53)72)61-70-59(45-20-10-4-11-21-45)69-60(71-61)46-22-12-5-13-23-46/h2-39H,1H3. The van der Waals surface area contributed by atoms with Gasteiger partial charge in [0.2, 0.25) is 0 Å². The maximum absolute atomic E-state index is 14.3. The Morgan fingerprint density at radius 1 is 0.333 bits per heavy atom. The van der Waals surface area contributed by atoms with Gasteiger partial charge in [0.05, 0.1) is 33.7 Å². The van der Waals surface area contributed by atoms with E-state index < -0.39 is 11.7 Å². The summed E-state index contributed by atoms with van der Waals surface area (Å²) in [5.74, 6) is 2.10. The Morgan fingerprint density at radius 3 is 1.26 bits per heavy atom. The van der Waals surface area contributed by atoms with Crippen molar-refractivity contribution >= 4 is 21.8 Å². The lowest BCUT2D eigenvalue weighted by molar-refractivity contribution is -0.137. The quantitative estimate of drug-likeness (QED) is 0.144. The predicted octanol–water partition coefficient (Wildman–Crippen LogP) is 16.4. The third-order valence-corrected chi connectivity index (χ3v) is 13.0. The first-order valence-electron chi connectivity index (χ1n) is 23.6. The number of hydrogen-bond acceptors (Lipinski definition) is 5. The number of hydrogen-bond donors (Lipinski definition) is 0. The monoisotopic (exact) mass is 938 g/mol. The van der Waals surface area contributed by atoms with E-state index in [1.165, 1.54) is 0 Å². The normalized spacial score (nSPS) is 11.6. The van der Waals surface area contributed by atoms with Crippen molar-refractivity contribution in [3.8, 4) is 96.0 Å². The molecular formula is C63H41F3N6. The first-order valence-corrected chi connectivity index (χ1v) is 23.6. The number of benzene rings is 9. The highest BCUT2D eigenvalue weighted by Crippen LogP contribution is 2.45. The Morgan fingerprint density at radius 2 is 0.750 bits per heavy atom. The fraction of sp³-hybridized carbons (Fsp3) is 0.0317. The van der Waals surface area contributed by atoms with Gasteiger partial charge in [-0.25, -0.2) is 24.9 Å². The molecule has 0 fully saturated rings. The van der Waals surface area contributed by atoms with Crippen LogP contribution in [0.5, 0.6) is 0 Å². The first kappa shape index (κ1) is 43.9. The van der Waals surface area contributed by atoms with Crippen LogP contribution in [0.15, 0.2) is 231 Å². The second kappa shape index (κ2) is 18.2. The fourth-order valence-electron chi connectivity index (χ4n) is 9.40. The van der Waals surface area contributed by atoms with Crippen molar-refractivity contribution in [3.05, 3.63) is 242 Å². The number of alkyl halides is 3. The lowest BCUT2D eigenvalue weighted by Crippen LogP contribution is -2.05. The van der Waals surface area contributed by atoms with Crippen molar-refractivity contribution in [2.45, 2.75) is 13.1 Å². The van der Waals surface area contributed by atoms with Crippen molar-refractivity contribution in [1.82, 2.24) is 29.5 Å². The molecule has 0 aliphatic carbocycles. The molecule has 72 heavy (non-hydrogen) atoms. The molecule has 0 spiro atoms. The third kappa shape index (κ3) is 8.36. The molecule has 0 atom stereocenters. The minimum absolute atomic E-state index is 0.470. The van der Waals surface area contributed by atoms with Crippen molar-refractivity contribution in [3.63, 3.8) is 0 Å². The Bertz CT molecular complexity index is 3820. The topological polar surface area (TPSA) is 69.4 Å². The van der Waals surface area contributed by atoms with E-state index in [9.17, 15) is 13.2 Å². The van der Waals surface area contributed by atoms with E-state index in [2.05, 4.69) is 59.2 Å². The third-order valence-electron chi connectivity index (χ3n) is 13.0. The molecule has 0 radical (unpaired) electrons. The summed E-state index contributed by atoms with van der Waals surface area (Å²) >= 11 is 0. The van der Waals surface area contributed by atoms with Crippen LogP contribution in [-0.2, 0) is 6.18 Å². The predicted molar refractivity (Wildman–Crippen MR) is 283 cm³/mol. The van der Waals surface area contributed by atoms with Crippen molar-refractivity contribution in [1.29, 1.82) is 0 Å². The van der Waals surface area contributed by atoms with Gasteiger partial charge in [0.15, 0.2) is 23.3 Å². The van der Waals surface area contributed by atoms with E-state index in [-0.39, 0.29) is 0 Å². The fourth-order valence-corrected chi connectivity index (χ4v) is 9.40. The van der Waals surface area contributed by atoms with Crippen LogP contribution in [-0.4, -0.2) is 29.5 Å². The maximum Gasteiger partial charge on any atom is 0.416 e. The molecule has 0 saturated heterocycles. The minimum atomic E-state index is -4.53. The highest BCUT2D eigenvalue weighted by Gasteiger charge is 2.31. The van der Waals surface area contributed by atoms with E-state index in [4.69, 9.17) is 24.9 Å². The Balaban J connectivity index is 1.14. The van der Waals surface area contributed by atoms with E-state index in [0.717, 1.165) is 95.5 Å². The summed E-state index contributed by atoms with van der Waals surface area (Å²) in [5, 5.41) is 1.91. The van der Waals surface area contributed by atoms with Crippen LogP contribution < -0.4 is 0 Å². The molecule has 0 unspecified atom stereocenters. The van der Waals surface area contributed by atoms with E-state index in [0.29, 0.717) is 40.0 Å². The van der Waals surface area contributed by atoms with Gasteiger partial charge in [0.25, 0.3) is 0 Å². The molecule has 0 bridgehead atoms. The van der Waals surface area contributed by atoms with Gasteiger partial charge in [-0.05, 0) is 72.6 Å². The largest absolute Gasteiger partial charge is 0.416 e. The number of rotatable bonds is 9. The number of aryl methyl sites for hydroxylation is 1. The average Bonchev–Trinajstić information content (AvgIpc) is 3.77. The van der Waals surface area contributed by atoms with Gasteiger partial charge in [-0.3, -0.25) is 0 Å². The molecule has 0 saturated carbocycles. The maximum atomic E-state index is 14.3. The molecule has 3 aromatic heterocycles. The summed E-state index contributed by atoms with van der Waals surface area (Å²) in [7, 11) is 0. The Kier molecular flexibility index (Phi) is 11.1. The van der Waals surface area contributed by atoms with Gasteiger partial charge in [-0.15, -0.1) is 0 Å². The number of nitrogens with zero attached hydrogens (tertiary/aromatic N) is 6. The number of aromatic nitrogens is 6. The zero-order chi connectivity index (χ0) is 48.8. The second-order valence-corrected chi connectivity index (χ2v) is 17.7. The summed E-state index contributed by atoms with van der Waals surface area (Å²) in [5.41, 5.74) is 12.5. The van der Waals surface area contributed by atoms with E-state index in [1.807, 2.05) is 159 Å². The second-order valence-electron chi connectivity index (χ2n) is 17.7. The summed E-state index contributed by atoms with van der Waals surface area (Å²) in [6, 6.07) is 74.0. The van der Waals surface area contributed by atoms with Crippen molar-refractivity contribution in [2.24, 2.45) is 0 Å². The zero-order valence-electron chi connectivity index (χ0n) is 38.8. The van der Waals surface area contributed by atoms with Crippen LogP contribution in [0.3, 0.4) is 0 Å². The van der Waals surface area contributed by atoms with Crippen LogP contribution in [0.4, 0.5) is 13.2 Å². The smallest absolute Gasteiger partial charge is 0.308 e. The molecule has 3 heterocycles. The van der Waals surface area contributed by atoms with Gasteiger partial charge in [-0.2, -0.15) is 13.2 Å². The van der Waals surface area contributed by atoms with Gasteiger partial charge < -0.3 is 4.57 Å². The highest BCUT2D eigenvalue weighted by atomic mass is 19.4. The lowest BCUT2D eigenvalue weighted by Gasteiger charge is -2.21. The molecule has 0 aliphatic heterocycles. The van der Waals surface area contributed by atoms with Crippen LogP contribution in [0.25, 0.3) is 118 Å². The van der Waals surface area contributed by atoms with Crippen LogP contribution in [0, 0.1) is 6.92 Å². The van der Waals surface area contributed by atoms with Gasteiger partial charge >= 0.3 is 6.18 Å². The van der Waals surface area contributed by atoms with Gasteiger partial charge in [0, 0.05) is 55.3 Å². The number of fused-ring (bicyclic) bond motifs is 3. The molecule has 344 valence electrons. The molecule has 6 nitrogen and oxygen atoms in total. The summed E-state index contributed by atoms with van der Waals surface area (Å²) < 4.78 is 45.0. The van der Waals surface area contributed by atoms with E-state index in [1.54, 1.807) is 12.1 Å². The molecule has 12 rings (SSSR count). The summed E-state index contributed by atoms with van der Waals surface area (Å²) in [6.45, 7) is 2.05. The molecule has 9 aromatic carbocycles. The molecule has 0 N–H and O–H groups in total. The zero-order valence-corrected chi connectivity index (χ0v) is 38.8. The Hall–Kier alpha value is -9.34. The summed E-state index contributed by atoms with van der Waals surface area (Å²) in [4.78, 5) is 25.5. The molecular weight excluding hydrogens is 898 g/mol. The van der Waals surface area contributed by atoms with Crippen LogP contribution in [0.2, 0.25) is 0 Å². The number of halogens is 3. The van der Waals surface area contributed by atoms with Crippen molar-refractivity contribution in [2.75, 3.05) is 0 Å². The lowest BCUT2D eigenvalue weighted by atomic mass is 9.91. The first-order chi connectivity index (χ1) is 35.2. The molecule has 0 aliphatic rings. The molecule has 9 heteroatoms. The highest BCUT2D eigenvalue weighted by molar-refractivity contribution is 6.12. The van der Waals surface area contributed by atoms with Gasteiger partial charge in [-0.1, -0.05) is 181 Å². The molecule has 12 aromatic rings. The van der Waals surface area contributed by atoms with Crippen molar-refractivity contribution < 1.29 is 13.2 Å². The van der Waals surface area contributed by atoms with E-state index >= 15 is 0 Å². The molecule has 0 amide bonds. The Labute approximate surface area is 413 Å². The van der Waals surface area contributed by atoms with Crippen LogP contribution in [0.1, 0.15) is 11.1 Å². The van der Waals surface area contributed by atoms with Gasteiger partial charge in [0.1, 0.15) is 0 Å². The number of para-hydroxylation sites is 1. The van der Waals surface area contributed by atoms with Crippen LogP contribution >= 0.6 is 0 Å². The SMILES string of the molecule is Cc1ccc(-c2cc(-c3nc(-c4ccccc4)cc(-c4ccccc4)n3)cc(-c3ccc(C(F)(F)F)cc3)c2-n2c3ccccc3c3cc(-c4nc(-c5ccccc5)nc(-c5ccccc5)n4)ccc32)cc1. The summed E-state index contributed by atoms with van der Waals surface area (Å²) in [6.07, 6.45) is -4.53.